The molecule has 7 heteroatoms. The second kappa shape index (κ2) is 5.07. The van der Waals surface area contributed by atoms with Crippen LogP contribution in [0.3, 0.4) is 0 Å². The van der Waals surface area contributed by atoms with Gasteiger partial charge in [-0.15, -0.1) is 11.3 Å². The van der Waals surface area contributed by atoms with Crippen LogP contribution in [0.5, 0.6) is 0 Å². The number of rotatable bonds is 2. The van der Waals surface area contributed by atoms with Crippen molar-refractivity contribution in [2.24, 2.45) is 0 Å². The van der Waals surface area contributed by atoms with Crippen LogP contribution in [-0.4, -0.2) is 31.9 Å². The molecule has 1 amide bonds. The highest BCUT2D eigenvalue weighted by atomic mass is 35.5. The van der Waals surface area contributed by atoms with E-state index < -0.39 is 0 Å². The van der Waals surface area contributed by atoms with Gasteiger partial charge in [-0.3, -0.25) is 4.79 Å². The molecule has 3 aromatic rings. The van der Waals surface area contributed by atoms with Gasteiger partial charge in [0.15, 0.2) is 11.3 Å². The van der Waals surface area contributed by atoms with Crippen molar-refractivity contribution >= 4 is 34.5 Å². The Kier molecular flexibility index (Phi) is 3.16. The number of aromatic nitrogens is 3. The second-order valence-corrected chi connectivity index (χ2v) is 6.74. The lowest BCUT2D eigenvalue weighted by atomic mass is 10.0. The molecule has 1 atom stereocenters. The van der Waals surface area contributed by atoms with E-state index in [0.29, 0.717) is 10.7 Å². The van der Waals surface area contributed by atoms with Crippen LogP contribution in [0.1, 0.15) is 33.4 Å². The maximum Gasteiger partial charge on any atom is 0.276 e. The molecule has 0 bridgehead atoms. The van der Waals surface area contributed by atoms with E-state index >= 15 is 0 Å². The van der Waals surface area contributed by atoms with Gasteiger partial charge in [-0.25, -0.2) is 9.50 Å². The minimum absolute atomic E-state index is 0.127. The molecule has 1 fully saturated rings. The molecule has 0 saturated carbocycles. The minimum atomic E-state index is -0.127. The summed E-state index contributed by atoms with van der Waals surface area (Å²) in [6.07, 6.45) is 4.52. The molecule has 1 aliphatic heterocycles. The number of thiophene rings is 1. The third-order valence-corrected chi connectivity index (χ3v) is 5.22. The third-order valence-electron chi connectivity index (χ3n) is 3.90. The van der Waals surface area contributed by atoms with E-state index in [-0.39, 0.29) is 17.6 Å². The van der Waals surface area contributed by atoms with Gasteiger partial charge < -0.3 is 4.90 Å². The zero-order valence-corrected chi connectivity index (χ0v) is 13.4. The number of carbonyl (C=O) groups is 1. The number of nitrogens with zero attached hydrogens (tertiary/aromatic N) is 4. The van der Waals surface area contributed by atoms with Crippen molar-refractivity contribution in [3.63, 3.8) is 0 Å². The number of likely N-dealkylation sites (tertiary alicyclic amines) is 1. The molecule has 4 rings (SSSR count). The molecule has 1 saturated heterocycles. The largest absolute Gasteiger partial charge is 0.329 e. The highest BCUT2D eigenvalue weighted by Gasteiger charge is 2.36. The van der Waals surface area contributed by atoms with Gasteiger partial charge in [-0.1, -0.05) is 17.7 Å². The monoisotopic (exact) mass is 332 g/mol. The van der Waals surface area contributed by atoms with E-state index in [9.17, 15) is 4.79 Å². The number of aryl methyl sites for hydroxylation is 1. The molecule has 0 aromatic carbocycles. The van der Waals surface area contributed by atoms with E-state index in [1.807, 2.05) is 29.5 Å². The molecular formula is C15H13ClN4OS. The van der Waals surface area contributed by atoms with Crippen LogP contribution in [-0.2, 0) is 0 Å². The highest BCUT2D eigenvalue weighted by molar-refractivity contribution is 7.10. The maximum atomic E-state index is 12.8. The smallest absolute Gasteiger partial charge is 0.276 e. The zero-order valence-electron chi connectivity index (χ0n) is 11.9. The first-order chi connectivity index (χ1) is 10.6. The van der Waals surface area contributed by atoms with Crippen LogP contribution in [0.25, 0.3) is 5.65 Å². The summed E-state index contributed by atoms with van der Waals surface area (Å²) in [5, 5.41) is 6.68. The van der Waals surface area contributed by atoms with Crippen molar-refractivity contribution < 1.29 is 4.79 Å². The molecular weight excluding hydrogens is 320 g/mol. The predicted molar refractivity (Wildman–Crippen MR) is 85.4 cm³/mol. The Morgan fingerprint density at radius 1 is 1.50 bits per heavy atom. The molecule has 22 heavy (non-hydrogen) atoms. The lowest BCUT2D eigenvalue weighted by Crippen LogP contribution is -2.45. The van der Waals surface area contributed by atoms with Crippen LogP contribution in [0.15, 0.2) is 29.9 Å². The van der Waals surface area contributed by atoms with Gasteiger partial charge in [-0.05, 0) is 30.4 Å². The van der Waals surface area contributed by atoms with Crippen molar-refractivity contribution in [3.8, 4) is 0 Å². The molecule has 5 nitrogen and oxygen atoms in total. The summed E-state index contributed by atoms with van der Waals surface area (Å²) in [6, 6.07) is 4.21. The van der Waals surface area contributed by atoms with Crippen LogP contribution >= 0.6 is 22.9 Å². The Labute approximate surface area is 136 Å². The quantitative estimate of drug-likeness (QED) is 0.723. The summed E-state index contributed by atoms with van der Waals surface area (Å²) >= 11 is 7.98. The van der Waals surface area contributed by atoms with E-state index in [1.54, 1.807) is 22.0 Å². The van der Waals surface area contributed by atoms with Gasteiger partial charge in [0.2, 0.25) is 0 Å². The fourth-order valence-electron chi connectivity index (χ4n) is 2.68. The molecule has 112 valence electrons. The van der Waals surface area contributed by atoms with E-state index in [0.717, 1.165) is 18.5 Å². The molecule has 1 aliphatic rings. The van der Waals surface area contributed by atoms with Crippen LogP contribution in [0.4, 0.5) is 0 Å². The predicted octanol–water partition coefficient (Wildman–Crippen LogP) is 3.34. The molecule has 0 radical (unpaired) electrons. The summed E-state index contributed by atoms with van der Waals surface area (Å²) in [5.41, 5.74) is 1.76. The van der Waals surface area contributed by atoms with Gasteiger partial charge in [0.25, 0.3) is 5.91 Å². The number of hydrogen-bond donors (Lipinski definition) is 0. The van der Waals surface area contributed by atoms with Gasteiger partial charge >= 0.3 is 0 Å². The lowest BCUT2D eigenvalue weighted by molar-refractivity contribution is 0.0461. The number of carbonyl (C=O) groups excluding carboxylic acids is 1. The number of amides is 1. The molecule has 0 unspecified atom stereocenters. The van der Waals surface area contributed by atoms with Gasteiger partial charge in [-0.2, -0.15) is 5.10 Å². The molecule has 3 aromatic heterocycles. The first-order valence-electron chi connectivity index (χ1n) is 7.00. The van der Waals surface area contributed by atoms with Crippen LogP contribution in [0, 0.1) is 6.92 Å². The SMILES string of the molecule is Cc1cnc2c(Cl)c(C(=O)N3CC[C@@H]3c3cccs3)nn2c1. The van der Waals surface area contributed by atoms with Crippen molar-refractivity contribution in [3.05, 3.63) is 51.1 Å². The first-order valence-corrected chi connectivity index (χ1v) is 8.26. The summed E-state index contributed by atoms with van der Waals surface area (Å²) in [4.78, 5) is 20.0. The van der Waals surface area contributed by atoms with Crippen molar-refractivity contribution in [1.82, 2.24) is 19.5 Å². The molecule has 0 N–H and O–H groups in total. The highest BCUT2D eigenvalue weighted by Crippen LogP contribution is 2.37. The topological polar surface area (TPSA) is 50.5 Å². The normalized spacial score (nSPS) is 17.7. The lowest BCUT2D eigenvalue weighted by Gasteiger charge is -2.40. The van der Waals surface area contributed by atoms with E-state index in [2.05, 4.69) is 16.1 Å². The third kappa shape index (κ3) is 2.02. The standard InChI is InChI=1S/C15H13ClN4OS/c1-9-7-17-14-12(16)13(18-20(14)8-9)15(21)19-5-4-10(19)11-3-2-6-22-11/h2-3,6-8,10H,4-5H2,1H3/t10-/m1/s1. The molecule has 0 spiro atoms. The Hall–Kier alpha value is -1.92. The van der Waals surface area contributed by atoms with Gasteiger partial charge in [0, 0.05) is 23.8 Å². The van der Waals surface area contributed by atoms with Crippen LogP contribution < -0.4 is 0 Å². The summed E-state index contributed by atoms with van der Waals surface area (Å²) in [7, 11) is 0. The number of fused-ring (bicyclic) bond motifs is 1. The molecule has 4 heterocycles. The number of hydrogen-bond acceptors (Lipinski definition) is 4. The minimum Gasteiger partial charge on any atom is -0.329 e. The average Bonchev–Trinajstić information content (AvgIpc) is 3.06. The Balaban J connectivity index is 1.70. The summed E-state index contributed by atoms with van der Waals surface area (Å²) < 4.78 is 1.57. The fourth-order valence-corrected chi connectivity index (χ4v) is 3.81. The maximum absolute atomic E-state index is 12.8. The van der Waals surface area contributed by atoms with E-state index in [4.69, 9.17) is 11.6 Å². The summed E-state index contributed by atoms with van der Waals surface area (Å²) in [6.45, 7) is 2.66. The fraction of sp³-hybridized carbons (Fsp3) is 0.267. The Morgan fingerprint density at radius 3 is 3.05 bits per heavy atom. The second-order valence-electron chi connectivity index (χ2n) is 5.38. The van der Waals surface area contributed by atoms with Gasteiger partial charge in [0.1, 0.15) is 5.02 Å². The summed E-state index contributed by atoms with van der Waals surface area (Å²) in [5.74, 6) is -0.127. The Bertz CT molecular complexity index is 858. The number of halogens is 1. The first kappa shape index (κ1) is 13.7. The van der Waals surface area contributed by atoms with Crippen molar-refractivity contribution in [1.29, 1.82) is 0 Å². The van der Waals surface area contributed by atoms with E-state index in [1.165, 1.54) is 4.88 Å². The molecule has 0 aliphatic carbocycles. The van der Waals surface area contributed by atoms with Gasteiger partial charge in [0.05, 0.1) is 6.04 Å². The zero-order chi connectivity index (χ0) is 15.3. The van der Waals surface area contributed by atoms with Crippen molar-refractivity contribution in [2.75, 3.05) is 6.54 Å². The van der Waals surface area contributed by atoms with Crippen LogP contribution in [0.2, 0.25) is 5.02 Å². The average molecular weight is 333 g/mol. The Morgan fingerprint density at radius 2 is 2.36 bits per heavy atom. The van der Waals surface area contributed by atoms with Crippen molar-refractivity contribution in [2.45, 2.75) is 19.4 Å².